The summed E-state index contributed by atoms with van der Waals surface area (Å²) in [4.78, 5) is 13.8. The summed E-state index contributed by atoms with van der Waals surface area (Å²) >= 11 is 0. The van der Waals surface area contributed by atoms with Crippen LogP contribution in [0.1, 0.15) is 25.7 Å². The molecule has 0 saturated carbocycles. The zero-order valence-electron chi connectivity index (χ0n) is 10.2. The first-order valence-corrected chi connectivity index (χ1v) is 6.46. The Kier molecular flexibility index (Phi) is 4.18. The first-order chi connectivity index (χ1) is 7.79. The molecule has 2 fully saturated rings. The Bertz CT molecular complexity index is 244. The Morgan fingerprint density at radius 2 is 2.38 bits per heavy atom. The fourth-order valence-electron chi connectivity index (χ4n) is 2.87. The van der Waals surface area contributed by atoms with Gasteiger partial charge in [0.15, 0.2) is 0 Å². The van der Waals surface area contributed by atoms with E-state index >= 15 is 0 Å². The molecule has 4 nitrogen and oxygen atoms in total. The standard InChI is InChI=1S/C12H23N3O/c1-13-6-2-7-15-8-5-11-10(9-15)3-4-12(16)14-11/h10-11,13H,2-9H2,1H3,(H,14,16). The molecule has 16 heavy (non-hydrogen) atoms. The van der Waals surface area contributed by atoms with E-state index < -0.39 is 0 Å². The highest BCUT2D eigenvalue weighted by Crippen LogP contribution is 2.25. The summed E-state index contributed by atoms with van der Waals surface area (Å²) in [5.41, 5.74) is 0. The second-order valence-electron chi connectivity index (χ2n) is 5.02. The molecule has 2 aliphatic heterocycles. The van der Waals surface area contributed by atoms with Crippen molar-refractivity contribution in [3.63, 3.8) is 0 Å². The van der Waals surface area contributed by atoms with Crippen molar-refractivity contribution < 1.29 is 4.79 Å². The van der Waals surface area contributed by atoms with Gasteiger partial charge in [0.05, 0.1) is 0 Å². The third kappa shape index (κ3) is 2.95. The quantitative estimate of drug-likeness (QED) is 0.672. The topological polar surface area (TPSA) is 44.4 Å². The smallest absolute Gasteiger partial charge is 0.220 e. The first kappa shape index (κ1) is 11.9. The summed E-state index contributed by atoms with van der Waals surface area (Å²) in [6.07, 6.45) is 4.17. The average Bonchev–Trinajstić information content (AvgIpc) is 2.29. The van der Waals surface area contributed by atoms with E-state index in [-0.39, 0.29) is 5.91 Å². The second kappa shape index (κ2) is 5.64. The molecule has 2 saturated heterocycles. The first-order valence-electron chi connectivity index (χ1n) is 6.46. The molecule has 4 heteroatoms. The van der Waals surface area contributed by atoms with Gasteiger partial charge in [-0.2, -0.15) is 0 Å². The minimum Gasteiger partial charge on any atom is -0.353 e. The predicted molar refractivity (Wildman–Crippen MR) is 64.3 cm³/mol. The van der Waals surface area contributed by atoms with Crippen LogP contribution in [0, 0.1) is 5.92 Å². The number of nitrogens with one attached hydrogen (secondary N) is 2. The van der Waals surface area contributed by atoms with Gasteiger partial charge in [-0.15, -0.1) is 0 Å². The van der Waals surface area contributed by atoms with E-state index in [1.54, 1.807) is 0 Å². The maximum Gasteiger partial charge on any atom is 0.220 e. The minimum absolute atomic E-state index is 0.255. The van der Waals surface area contributed by atoms with Crippen LogP contribution in [0.2, 0.25) is 0 Å². The van der Waals surface area contributed by atoms with Crippen molar-refractivity contribution in [3.05, 3.63) is 0 Å². The number of piperidine rings is 2. The van der Waals surface area contributed by atoms with Crippen LogP contribution in [-0.2, 0) is 4.79 Å². The van der Waals surface area contributed by atoms with Gasteiger partial charge in [-0.1, -0.05) is 0 Å². The molecule has 1 amide bonds. The Balaban J connectivity index is 1.75. The Morgan fingerprint density at radius 1 is 1.50 bits per heavy atom. The van der Waals surface area contributed by atoms with Crippen molar-refractivity contribution in [2.75, 3.05) is 33.2 Å². The Hall–Kier alpha value is -0.610. The molecule has 2 rings (SSSR count). The molecule has 0 aromatic carbocycles. The molecule has 2 atom stereocenters. The predicted octanol–water partition coefficient (Wildman–Crippen LogP) is 0.196. The van der Waals surface area contributed by atoms with Crippen LogP contribution in [0.15, 0.2) is 0 Å². The van der Waals surface area contributed by atoms with Gasteiger partial charge < -0.3 is 15.5 Å². The number of carbonyl (C=O) groups is 1. The number of hydrogen-bond acceptors (Lipinski definition) is 3. The van der Waals surface area contributed by atoms with E-state index in [1.807, 2.05) is 7.05 Å². The maximum atomic E-state index is 11.3. The lowest BCUT2D eigenvalue weighted by Crippen LogP contribution is -2.54. The summed E-state index contributed by atoms with van der Waals surface area (Å²) in [6, 6.07) is 0.460. The summed E-state index contributed by atoms with van der Waals surface area (Å²) in [5.74, 6) is 0.950. The number of rotatable bonds is 4. The molecular formula is C12H23N3O. The Labute approximate surface area is 97.8 Å². The van der Waals surface area contributed by atoms with Crippen LogP contribution in [0.3, 0.4) is 0 Å². The summed E-state index contributed by atoms with van der Waals surface area (Å²) < 4.78 is 0. The molecule has 0 aromatic rings. The van der Waals surface area contributed by atoms with Gasteiger partial charge in [-0.3, -0.25) is 4.79 Å². The fourth-order valence-corrected chi connectivity index (χ4v) is 2.87. The SMILES string of the molecule is CNCCCN1CCC2NC(=O)CCC2C1. The van der Waals surface area contributed by atoms with Crippen LogP contribution in [-0.4, -0.2) is 50.1 Å². The van der Waals surface area contributed by atoms with Crippen molar-refractivity contribution in [3.8, 4) is 0 Å². The number of likely N-dealkylation sites (tertiary alicyclic amines) is 1. The van der Waals surface area contributed by atoms with Crippen molar-refractivity contribution >= 4 is 5.91 Å². The lowest BCUT2D eigenvalue weighted by Gasteiger charge is -2.41. The highest BCUT2D eigenvalue weighted by atomic mass is 16.1. The third-order valence-electron chi connectivity index (χ3n) is 3.81. The number of hydrogen-bond donors (Lipinski definition) is 2. The molecule has 0 radical (unpaired) electrons. The second-order valence-corrected chi connectivity index (χ2v) is 5.02. The van der Waals surface area contributed by atoms with Gasteiger partial charge in [0.1, 0.15) is 0 Å². The molecule has 0 aliphatic carbocycles. The fraction of sp³-hybridized carbons (Fsp3) is 0.917. The lowest BCUT2D eigenvalue weighted by atomic mass is 9.85. The largest absolute Gasteiger partial charge is 0.353 e. The third-order valence-corrected chi connectivity index (χ3v) is 3.81. The summed E-state index contributed by atoms with van der Waals surface area (Å²) in [7, 11) is 2.00. The zero-order chi connectivity index (χ0) is 11.4. The van der Waals surface area contributed by atoms with Gasteiger partial charge in [-0.05, 0) is 45.3 Å². The van der Waals surface area contributed by atoms with Crippen LogP contribution < -0.4 is 10.6 Å². The monoisotopic (exact) mass is 225 g/mol. The lowest BCUT2D eigenvalue weighted by molar-refractivity contribution is -0.125. The van der Waals surface area contributed by atoms with Crippen molar-refractivity contribution in [1.29, 1.82) is 0 Å². The number of carbonyl (C=O) groups excluding carboxylic acids is 1. The van der Waals surface area contributed by atoms with Gasteiger partial charge in [0, 0.05) is 25.6 Å². The van der Waals surface area contributed by atoms with Crippen molar-refractivity contribution in [2.45, 2.75) is 31.7 Å². The van der Waals surface area contributed by atoms with E-state index in [9.17, 15) is 4.79 Å². The van der Waals surface area contributed by atoms with Crippen LogP contribution in [0.25, 0.3) is 0 Å². The minimum atomic E-state index is 0.255. The molecule has 0 aromatic heterocycles. The van der Waals surface area contributed by atoms with Crippen LogP contribution in [0.5, 0.6) is 0 Å². The van der Waals surface area contributed by atoms with Gasteiger partial charge in [0.2, 0.25) is 5.91 Å². The summed E-state index contributed by atoms with van der Waals surface area (Å²) in [6.45, 7) is 4.61. The number of amides is 1. The normalized spacial score (nSPS) is 30.9. The van der Waals surface area contributed by atoms with Crippen LogP contribution >= 0.6 is 0 Å². The molecule has 2 aliphatic rings. The average molecular weight is 225 g/mol. The molecular weight excluding hydrogens is 202 g/mol. The van der Waals surface area contributed by atoms with E-state index in [0.29, 0.717) is 12.0 Å². The zero-order valence-corrected chi connectivity index (χ0v) is 10.2. The molecule has 2 N–H and O–H groups in total. The summed E-state index contributed by atoms with van der Waals surface area (Å²) in [5, 5.41) is 6.31. The molecule has 92 valence electrons. The highest BCUT2D eigenvalue weighted by molar-refractivity contribution is 5.77. The highest BCUT2D eigenvalue weighted by Gasteiger charge is 2.33. The van der Waals surface area contributed by atoms with Gasteiger partial charge >= 0.3 is 0 Å². The van der Waals surface area contributed by atoms with Crippen molar-refractivity contribution in [2.24, 2.45) is 5.92 Å². The van der Waals surface area contributed by atoms with E-state index in [2.05, 4.69) is 15.5 Å². The Morgan fingerprint density at radius 3 is 3.19 bits per heavy atom. The van der Waals surface area contributed by atoms with Gasteiger partial charge in [0.25, 0.3) is 0 Å². The van der Waals surface area contributed by atoms with Gasteiger partial charge in [-0.25, -0.2) is 0 Å². The molecule has 0 spiro atoms. The van der Waals surface area contributed by atoms with Crippen LogP contribution in [0.4, 0.5) is 0 Å². The maximum absolute atomic E-state index is 11.3. The van der Waals surface area contributed by atoms with E-state index in [0.717, 1.165) is 32.4 Å². The van der Waals surface area contributed by atoms with Crippen molar-refractivity contribution in [1.82, 2.24) is 15.5 Å². The van der Waals surface area contributed by atoms with E-state index in [4.69, 9.17) is 0 Å². The molecule has 2 heterocycles. The number of fused-ring (bicyclic) bond motifs is 1. The molecule has 0 bridgehead atoms. The van der Waals surface area contributed by atoms with E-state index in [1.165, 1.54) is 19.5 Å². The molecule has 2 unspecified atom stereocenters. The number of nitrogens with zero attached hydrogens (tertiary/aromatic N) is 1.